The Hall–Kier alpha value is -1.16. The molecule has 1 aromatic heterocycles. The van der Waals surface area contributed by atoms with Crippen molar-refractivity contribution in [3.05, 3.63) is 52.4 Å². The number of hydrogen-bond acceptors (Lipinski definition) is 5. The Balaban J connectivity index is 0.00000243. The molecule has 0 spiro atoms. The molecular weight excluding hydrogens is 417 g/mol. The second kappa shape index (κ2) is 9.16. The normalized spacial score (nSPS) is 17.6. The zero-order valence-corrected chi connectivity index (χ0v) is 16.9. The van der Waals surface area contributed by atoms with Crippen molar-refractivity contribution >= 4 is 51.3 Å². The van der Waals surface area contributed by atoms with Crippen LogP contribution in [-0.2, 0) is 14.8 Å². The Kier molecular flexibility index (Phi) is 7.45. The number of benzene rings is 1. The smallest absolute Gasteiger partial charge is 0.250 e. The average Bonchev–Trinajstić information content (AvgIpc) is 3.15. The molecule has 1 amide bonds. The third-order valence-corrected chi connectivity index (χ3v) is 7.00. The summed E-state index contributed by atoms with van der Waals surface area (Å²) < 4.78 is 26.9. The van der Waals surface area contributed by atoms with E-state index in [1.165, 1.54) is 6.07 Å². The van der Waals surface area contributed by atoms with Gasteiger partial charge in [-0.1, -0.05) is 29.8 Å². The van der Waals surface area contributed by atoms with Crippen LogP contribution in [-0.4, -0.2) is 45.4 Å². The van der Waals surface area contributed by atoms with Crippen LogP contribution in [0, 0.1) is 0 Å². The van der Waals surface area contributed by atoms with Crippen molar-refractivity contribution in [1.82, 2.24) is 14.9 Å². The van der Waals surface area contributed by atoms with Gasteiger partial charge in [-0.3, -0.25) is 4.79 Å². The summed E-state index contributed by atoms with van der Waals surface area (Å²) in [5.41, 5.74) is 0.925. The predicted octanol–water partition coefficient (Wildman–Crippen LogP) is 2.27. The molecule has 0 bridgehead atoms. The molecule has 2 N–H and O–H groups in total. The predicted molar refractivity (Wildman–Crippen MR) is 106 cm³/mol. The lowest BCUT2D eigenvalue weighted by atomic mass is 10.0. The number of halogens is 2. The summed E-state index contributed by atoms with van der Waals surface area (Å²) in [6.07, 6.45) is 0. The van der Waals surface area contributed by atoms with E-state index < -0.39 is 10.0 Å². The monoisotopic (exact) mass is 435 g/mol. The molecule has 1 fully saturated rings. The van der Waals surface area contributed by atoms with E-state index in [9.17, 15) is 13.2 Å². The van der Waals surface area contributed by atoms with E-state index in [1.807, 2.05) is 18.2 Å². The SMILES string of the molecule is Cl.O=C(CNS(=O)(=O)c1cccs1)N1CCNCC1c1cccc(Cl)c1. The largest absolute Gasteiger partial charge is 0.332 e. The number of thiophene rings is 1. The number of nitrogens with zero attached hydrogens (tertiary/aromatic N) is 1. The number of carbonyl (C=O) groups is 1. The summed E-state index contributed by atoms with van der Waals surface area (Å²) in [7, 11) is -3.66. The van der Waals surface area contributed by atoms with Gasteiger partial charge in [0.15, 0.2) is 0 Å². The van der Waals surface area contributed by atoms with Crippen molar-refractivity contribution in [1.29, 1.82) is 0 Å². The van der Waals surface area contributed by atoms with Gasteiger partial charge in [0.1, 0.15) is 4.21 Å². The van der Waals surface area contributed by atoms with Gasteiger partial charge >= 0.3 is 0 Å². The van der Waals surface area contributed by atoms with E-state index in [0.717, 1.165) is 16.9 Å². The maximum absolute atomic E-state index is 12.6. The third kappa shape index (κ3) is 4.97. The number of sulfonamides is 1. The first kappa shape index (κ1) is 21.1. The molecule has 0 radical (unpaired) electrons. The Morgan fingerprint density at radius 3 is 2.85 bits per heavy atom. The van der Waals surface area contributed by atoms with E-state index in [1.54, 1.807) is 22.4 Å². The maximum Gasteiger partial charge on any atom is 0.250 e. The lowest BCUT2D eigenvalue weighted by Crippen LogP contribution is -2.51. The van der Waals surface area contributed by atoms with Gasteiger partial charge in [-0.15, -0.1) is 23.7 Å². The fourth-order valence-electron chi connectivity index (χ4n) is 2.76. The van der Waals surface area contributed by atoms with Crippen molar-refractivity contribution in [2.24, 2.45) is 0 Å². The fraction of sp³-hybridized carbons (Fsp3) is 0.312. The number of rotatable bonds is 5. The molecule has 2 heterocycles. The summed E-state index contributed by atoms with van der Waals surface area (Å²) in [4.78, 5) is 14.3. The Labute approximate surface area is 168 Å². The van der Waals surface area contributed by atoms with Gasteiger partial charge in [-0.05, 0) is 29.1 Å². The molecule has 2 aromatic rings. The number of hydrogen-bond donors (Lipinski definition) is 2. The molecule has 10 heteroatoms. The zero-order chi connectivity index (χ0) is 17.9. The van der Waals surface area contributed by atoms with Crippen LogP contribution in [0.15, 0.2) is 46.0 Å². The molecule has 142 valence electrons. The lowest BCUT2D eigenvalue weighted by Gasteiger charge is -2.36. The van der Waals surface area contributed by atoms with E-state index in [0.29, 0.717) is 24.7 Å². The van der Waals surface area contributed by atoms with Crippen LogP contribution >= 0.6 is 35.3 Å². The molecule has 0 aliphatic carbocycles. The number of nitrogens with one attached hydrogen (secondary N) is 2. The highest BCUT2D eigenvalue weighted by molar-refractivity contribution is 7.91. The molecule has 1 unspecified atom stereocenters. The standard InChI is InChI=1S/C16H18ClN3O3S2.ClH/c17-13-4-1-3-12(9-13)14-10-18-6-7-20(14)15(21)11-19-25(22,23)16-5-2-8-24-16;/h1-5,8-9,14,18-19H,6-7,10-11H2;1H. The number of carbonyl (C=O) groups excluding carboxylic acids is 1. The van der Waals surface area contributed by atoms with Crippen LogP contribution in [0.5, 0.6) is 0 Å². The van der Waals surface area contributed by atoms with Crippen molar-refractivity contribution in [3.8, 4) is 0 Å². The van der Waals surface area contributed by atoms with Gasteiger partial charge in [0, 0.05) is 24.7 Å². The van der Waals surface area contributed by atoms with Crippen LogP contribution in [0.2, 0.25) is 5.02 Å². The Bertz CT molecular complexity index is 844. The molecule has 3 rings (SSSR count). The molecule has 1 aliphatic heterocycles. The van der Waals surface area contributed by atoms with Crippen molar-refractivity contribution in [2.45, 2.75) is 10.3 Å². The number of amides is 1. The highest BCUT2D eigenvalue weighted by Crippen LogP contribution is 2.25. The van der Waals surface area contributed by atoms with E-state index in [4.69, 9.17) is 11.6 Å². The Morgan fingerprint density at radius 1 is 1.35 bits per heavy atom. The lowest BCUT2D eigenvalue weighted by molar-refractivity contribution is -0.133. The third-order valence-electron chi connectivity index (χ3n) is 3.97. The minimum Gasteiger partial charge on any atom is -0.332 e. The first-order valence-electron chi connectivity index (χ1n) is 7.76. The van der Waals surface area contributed by atoms with Gasteiger partial charge < -0.3 is 10.2 Å². The quantitative estimate of drug-likeness (QED) is 0.754. The summed E-state index contributed by atoms with van der Waals surface area (Å²) in [5.74, 6) is -0.258. The van der Waals surface area contributed by atoms with Gasteiger partial charge in [-0.25, -0.2) is 13.1 Å². The molecule has 1 saturated heterocycles. The van der Waals surface area contributed by atoms with E-state index >= 15 is 0 Å². The fourth-order valence-corrected chi connectivity index (χ4v) is 4.97. The topological polar surface area (TPSA) is 78.5 Å². The summed E-state index contributed by atoms with van der Waals surface area (Å²) >= 11 is 7.17. The van der Waals surface area contributed by atoms with Crippen LogP contribution in [0.1, 0.15) is 11.6 Å². The summed E-state index contributed by atoms with van der Waals surface area (Å²) in [5, 5.41) is 5.55. The first-order valence-corrected chi connectivity index (χ1v) is 10.5. The van der Waals surface area contributed by atoms with Crippen LogP contribution in [0.3, 0.4) is 0 Å². The van der Waals surface area contributed by atoms with Gasteiger partial charge in [0.25, 0.3) is 10.0 Å². The molecular formula is C16H19Cl2N3O3S2. The second-order valence-corrected chi connectivity index (χ2v) is 9.00. The maximum atomic E-state index is 12.6. The van der Waals surface area contributed by atoms with Gasteiger partial charge in [-0.2, -0.15) is 0 Å². The average molecular weight is 436 g/mol. The molecule has 0 saturated carbocycles. The first-order chi connectivity index (χ1) is 12.0. The molecule has 1 aliphatic rings. The zero-order valence-electron chi connectivity index (χ0n) is 13.7. The summed E-state index contributed by atoms with van der Waals surface area (Å²) in [6, 6.07) is 10.4. The highest BCUT2D eigenvalue weighted by Gasteiger charge is 2.28. The van der Waals surface area contributed by atoms with Gasteiger partial charge in [0.05, 0.1) is 12.6 Å². The van der Waals surface area contributed by atoms with E-state index in [-0.39, 0.29) is 35.1 Å². The van der Waals surface area contributed by atoms with Crippen LogP contribution in [0.4, 0.5) is 0 Å². The van der Waals surface area contributed by atoms with Crippen LogP contribution < -0.4 is 10.0 Å². The van der Waals surface area contributed by atoms with E-state index in [2.05, 4.69) is 10.0 Å². The molecule has 26 heavy (non-hydrogen) atoms. The molecule has 1 aromatic carbocycles. The van der Waals surface area contributed by atoms with Crippen LogP contribution in [0.25, 0.3) is 0 Å². The van der Waals surface area contributed by atoms with Crippen molar-refractivity contribution < 1.29 is 13.2 Å². The van der Waals surface area contributed by atoms with Gasteiger partial charge in [0.2, 0.25) is 5.91 Å². The molecule has 6 nitrogen and oxygen atoms in total. The molecule has 1 atom stereocenters. The minimum atomic E-state index is -3.66. The minimum absolute atomic E-state index is 0. The second-order valence-electron chi connectivity index (χ2n) is 5.62. The van der Waals surface area contributed by atoms with Crippen molar-refractivity contribution in [2.75, 3.05) is 26.2 Å². The van der Waals surface area contributed by atoms with Crippen molar-refractivity contribution in [3.63, 3.8) is 0 Å². The summed E-state index contributed by atoms with van der Waals surface area (Å²) in [6.45, 7) is 1.51. The highest BCUT2D eigenvalue weighted by atomic mass is 35.5. The Morgan fingerprint density at radius 2 is 2.15 bits per heavy atom. The number of piperazine rings is 1.